The van der Waals surface area contributed by atoms with Crippen molar-refractivity contribution in [1.29, 1.82) is 5.26 Å². The number of carbonyl (C=O) groups is 1. The molecule has 5 nitrogen and oxygen atoms in total. The van der Waals surface area contributed by atoms with E-state index in [2.05, 4.69) is 24.9 Å². The summed E-state index contributed by atoms with van der Waals surface area (Å²) in [6, 6.07) is 9.86. The number of ether oxygens (including phenoxy) is 1. The minimum Gasteiger partial charge on any atom is -0.491 e. The highest BCUT2D eigenvalue weighted by Crippen LogP contribution is 2.26. The maximum Gasteiger partial charge on any atom is 0.273 e. The summed E-state index contributed by atoms with van der Waals surface area (Å²) < 4.78 is 5.66. The van der Waals surface area contributed by atoms with Gasteiger partial charge in [0.05, 0.1) is 18.6 Å². The zero-order valence-electron chi connectivity index (χ0n) is 16.4. The van der Waals surface area contributed by atoms with Gasteiger partial charge >= 0.3 is 0 Å². The number of aromatic nitrogens is 1. The van der Waals surface area contributed by atoms with E-state index in [1.165, 1.54) is 11.3 Å². The summed E-state index contributed by atoms with van der Waals surface area (Å²) in [4.78, 5) is 19.1. The van der Waals surface area contributed by atoms with Gasteiger partial charge in [-0.15, -0.1) is 11.3 Å². The molecule has 0 fully saturated rings. The summed E-state index contributed by atoms with van der Waals surface area (Å²) in [6.07, 6.45) is 1.37. The van der Waals surface area contributed by atoms with Gasteiger partial charge in [0.25, 0.3) is 5.91 Å². The first-order chi connectivity index (χ1) is 12.9. The van der Waals surface area contributed by atoms with Crippen LogP contribution in [-0.4, -0.2) is 35.0 Å². The third kappa shape index (κ3) is 6.37. The van der Waals surface area contributed by atoms with Crippen LogP contribution >= 0.6 is 11.3 Å². The predicted octanol–water partition coefficient (Wildman–Crippen LogP) is 5.00. The van der Waals surface area contributed by atoms with E-state index in [0.717, 1.165) is 22.7 Å². The normalized spacial score (nSPS) is 10.9. The van der Waals surface area contributed by atoms with Gasteiger partial charge in [-0.3, -0.25) is 4.79 Å². The van der Waals surface area contributed by atoms with Crippen LogP contribution < -0.4 is 4.74 Å². The fourth-order valence-electron chi connectivity index (χ4n) is 2.53. The molecule has 0 aliphatic rings. The quantitative estimate of drug-likeness (QED) is 0.609. The zero-order chi connectivity index (χ0) is 19.8. The van der Waals surface area contributed by atoms with Crippen LogP contribution in [0.1, 0.15) is 51.0 Å². The van der Waals surface area contributed by atoms with Crippen LogP contribution in [-0.2, 0) is 0 Å². The molecule has 144 valence electrons. The van der Waals surface area contributed by atoms with Gasteiger partial charge in [0.1, 0.15) is 16.5 Å². The second-order valence-electron chi connectivity index (χ2n) is 7.11. The lowest BCUT2D eigenvalue weighted by molar-refractivity contribution is 0.0747. The Morgan fingerprint density at radius 2 is 1.93 bits per heavy atom. The molecular formula is C21H27N3O2S. The molecule has 1 aromatic carbocycles. The van der Waals surface area contributed by atoms with Crippen LogP contribution in [0.4, 0.5) is 0 Å². The average Bonchev–Trinajstić information content (AvgIpc) is 3.11. The van der Waals surface area contributed by atoms with Crippen molar-refractivity contribution >= 4 is 17.2 Å². The Bertz CT molecular complexity index is 775. The number of nitrogens with zero attached hydrogens (tertiary/aromatic N) is 3. The van der Waals surface area contributed by atoms with Gasteiger partial charge in [0.2, 0.25) is 0 Å². The molecule has 0 N–H and O–H groups in total. The molecule has 1 aromatic heterocycles. The lowest BCUT2D eigenvalue weighted by Gasteiger charge is -2.21. The van der Waals surface area contributed by atoms with E-state index in [0.29, 0.717) is 31.1 Å². The SMILES string of the molecule is CC(C)CCN(CCC#N)C(=O)c1csc(-c2ccc(OC(C)C)cc2)n1. The Labute approximate surface area is 165 Å². The van der Waals surface area contributed by atoms with Crippen molar-refractivity contribution in [3.8, 4) is 22.4 Å². The van der Waals surface area contributed by atoms with Crippen LogP contribution in [0.3, 0.4) is 0 Å². The standard InChI is InChI=1S/C21H27N3O2S/c1-15(2)10-13-24(12-5-11-22)21(25)19-14-27-20(23-19)17-6-8-18(9-7-17)26-16(3)4/h6-9,14-16H,5,10,12-13H2,1-4H3. The molecule has 1 amide bonds. The molecule has 2 rings (SSSR count). The summed E-state index contributed by atoms with van der Waals surface area (Å²) >= 11 is 1.45. The molecular weight excluding hydrogens is 358 g/mol. The van der Waals surface area contributed by atoms with E-state index in [-0.39, 0.29) is 12.0 Å². The van der Waals surface area contributed by atoms with Crippen LogP contribution in [0.2, 0.25) is 0 Å². The number of thiazole rings is 1. The maximum atomic E-state index is 12.8. The van der Waals surface area contributed by atoms with Crippen molar-refractivity contribution in [3.63, 3.8) is 0 Å². The van der Waals surface area contributed by atoms with Crippen LogP contribution in [0, 0.1) is 17.2 Å². The summed E-state index contributed by atoms with van der Waals surface area (Å²) in [5, 5.41) is 11.5. The molecule has 0 unspecified atom stereocenters. The monoisotopic (exact) mass is 385 g/mol. The first-order valence-electron chi connectivity index (χ1n) is 9.29. The predicted molar refractivity (Wildman–Crippen MR) is 109 cm³/mol. The van der Waals surface area contributed by atoms with E-state index in [9.17, 15) is 4.79 Å². The number of amides is 1. The lowest BCUT2D eigenvalue weighted by atomic mass is 10.1. The molecule has 2 aromatic rings. The van der Waals surface area contributed by atoms with Gasteiger partial charge in [0, 0.05) is 24.0 Å². The van der Waals surface area contributed by atoms with Crippen molar-refractivity contribution in [2.75, 3.05) is 13.1 Å². The molecule has 0 aliphatic heterocycles. The number of hydrogen-bond donors (Lipinski definition) is 0. The van der Waals surface area contributed by atoms with Gasteiger partial charge in [-0.2, -0.15) is 5.26 Å². The zero-order valence-corrected chi connectivity index (χ0v) is 17.3. The summed E-state index contributed by atoms with van der Waals surface area (Å²) in [5.41, 5.74) is 1.40. The Morgan fingerprint density at radius 3 is 2.52 bits per heavy atom. The second kappa shape index (κ2) is 10.1. The minimum absolute atomic E-state index is 0.104. The molecule has 27 heavy (non-hydrogen) atoms. The van der Waals surface area contributed by atoms with Gasteiger partial charge < -0.3 is 9.64 Å². The fraction of sp³-hybridized carbons (Fsp3) is 0.476. The molecule has 1 heterocycles. The highest BCUT2D eigenvalue weighted by atomic mass is 32.1. The highest BCUT2D eigenvalue weighted by Gasteiger charge is 2.19. The van der Waals surface area contributed by atoms with Gasteiger partial charge in [-0.05, 0) is 50.5 Å². The van der Waals surface area contributed by atoms with Crippen molar-refractivity contribution in [2.24, 2.45) is 5.92 Å². The van der Waals surface area contributed by atoms with Gasteiger partial charge in [0.15, 0.2) is 0 Å². The number of carbonyl (C=O) groups excluding carboxylic acids is 1. The highest BCUT2D eigenvalue weighted by molar-refractivity contribution is 7.13. The Balaban J connectivity index is 2.11. The topological polar surface area (TPSA) is 66.2 Å². The number of nitriles is 1. The Kier molecular flexibility index (Phi) is 7.81. The average molecular weight is 386 g/mol. The molecule has 6 heteroatoms. The van der Waals surface area contributed by atoms with Gasteiger partial charge in [-0.25, -0.2) is 4.98 Å². The third-order valence-corrected chi connectivity index (χ3v) is 4.84. The van der Waals surface area contributed by atoms with Crippen LogP contribution in [0.25, 0.3) is 10.6 Å². The number of benzene rings is 1. The van der Waals surface area contributed by atoms with Crippen molar-refractivity contribution < 1.29 is 9.53 Å². The number of hydrogen-bond acceptors (Lipinski definition) is 5. The summed E-state index contributed by atoms with van der Waals surface area (Å²) in [5.74, 6) is 1.21. The van der Waals surface area contributed by atoms with Crippen molar-refractivity contribution in [3.05, 3.63) is 35.3 Å². The molecule has 0 spiro atoms. The summed E-state index contributed by atoms with van der Waals surface area (Å²) in [6.45, 7) is 9.32. The molecule has 0 atom stereocenters. The molecule has 0 saturated heterocycles. The van der Waals surface area contributed by atoms with Gasteiger partial charge in [-0.1, -0.05) is 13.8 Å². The lowest BCUT2D eigenvalue weighted by Crippen LogP contribution is -2.33. The molecule has 0 aliphatic carbocycles. The van der Waals surface area contributed by atoms with Crippen LogP contribution in [0.5, 0.6) is 5.75 Å². The van der Waals surface area contributed by atoms with E-state index >= 15 is 0 Å². The van der Waals surface area contributed by atoms with Crippen molar-refractivity contribution in [2.45, 2.75) is 46.6 Å². The maximum absolute atomic E-state index is 12.8. The van der Waals surface area contributed by atoms with Crippen LogP contribution in [0.15, 0.2) is 29.6 Å². The third-order valence-electron chi connectivity index (χ3n) is 3.95. The van der Waals surface area contributed by atoms with E-state index in [4.69, 9.17) is 10.00 Å². The van der Waals surface area contributed by atoms with Crippen molar-refractivity contribution in [1.82, 2.24) is 9.88 Å². The summed E-state index contributed by atoms with van der Waals surface area (Å²) in [7, 11) is 0. The Morgan fingerprint density at radius 1 is 1.22 bits per heavy atom. The van der Waals surface area contributed by atoms with E-state index < -0.39 is 0 Å². The first kappa shape index (κ1) is 20.9. The molecule has 0 bridgehead atoms. The smallest absolute Gasteiger partial charge is 0.273 e. The largest absolute Gasteiger partial charge is 0.491 e. The molecule has 0 radical (unpaired) electrons. The minimum atomic E-state index is -0.104. The number of rotatable bonds is 9. The second-order valence-corrected chi connectivity index (χ2v) is 7.97. The molecule has 0 saturated carbocycles. The van der Waals surface area contributed by atoms with E-state index in [1.807, 2.05) is 38.1 Å². The first-order valence-corrected chi connectivity index (χ1v) is 10.2. The fourth-order valence-corrected chi connectivity index (χ4v) is 3.33. The Hall–Kier alpha value is -2.39. The van der Waals surface area contributed by atoms with E-state index in [1.54, 1.807) is 10.3 Å².